The van der Waals surface area contributed by atoms with Gasteiger partial charge in [0.25, 0.3) is 0 Å². The zero-order chi connectivity index (χ0) is 11.7. The summed E-state index contributed by atoms with van der Waals surface area (Å²) in [5.41, 5.74) is 0. The highest BCUT2D eigenvalue weighted by molar-refractivity contribution is 7.10. The molecule has 1 fully saturated rings. The minimum Gasteiger partial charge on any atom is -0.468 e. The third kappa shape index (κ3) is 2.45. The topological polar surface area (TPSA) is 25.2 Å². The Balaban J connectivity index is 1.73. The summed E-state index contributed by atoms with van der Waals surface area (Å²) < 4.78 is 5.45. The van der Waals surface area contributed by atoms with Gasteiger partial charge in [0.2, 0.25) is 0 Å². The molecule has 0 radical (unpaired) electrons. The van der Waals surface area contributed by atoms with Crippen LogP contribution in [0.5, 0.6) is 0 Å². The molecule has 3 rings (SSSR count). The summed E-state index contributed by atoms with van der Waals surface area (Å²) in [4.78, 5) is 1.45. The van der Waals surface area contributed by atoms with E-state index in [2.05, 4.69) is 29.8 Å². The smallest absolute Gasteiger partial charge is 0.120 e. The van der Waals surface area contributed by atoms with Gasteiger partial charge in [-0.05, 0) is 49.3 Å². The van der Waals surface area contributed by atoms with Gasteiger partial charge in [-0.25, -0.2) is 0 Å². The fourth-order valence-corrected chi connectivity index (χ4v) is 3.12. The van der Waals surface area contributed by atoms with Crippen LogP contribution in [-0.4, -0.2) is 0 Å². The van der Waals surface area contributed by atoms with E-state index in [-0.39, 0.29) is 6.04 Å². The third-order valence-electron chi connectivity index (χ3n) is 3.34. The maximum Gasteiger partial charge on any atom is 0.120 e. The van der Waals surface area contributed by atoms with Gasteiger partial charge >= 0.3 is 0 Å². The Morgan fingerprint density at radius 1 is 1.35 bits per heavy atom. The summed E-state index contributed by atoms with van der Waals surface area (Å²) in [7, 11) is 0. The summed E-state index contributed by atoms with van der Waals surface area (Å²) in [6, 6.07) is 9.12. The lowest BCUT2D eigenvalue weighted by Gasteiger charge is -2.21. The molecule has 0 aromatic carbocycles. The molecular formula is C14H17NOS. The quantitative estimate of drug-likeness (QED) is 0.859. The van der Waals surface area contributed by atoms with Crippen LogP contribution in [0.25, 0.3) is 0 Å². The van der Waals surface area contributed by atoms with Crippen LogP contribution in [0, 0.1) is 5.92 Å². The number of furan rings is 1. The molecule has 1 N–H and O–H groups in total. The number of thiophene rings is 1. The van der Waals surface area contributed by atoms with E-state index >= 15 is 0 Å². The van der Waals surface area contributed by atoms with Gasteiger partial charge in [0.05, 0.1) is 12.3 Å². The van der Waals surface area contributed by atoms with E-state index in [4.69, 9.17) is 4.42 Å². The SMILES string of the molecule is C[C@@H](NC(c1cccs1)C1CC1)c1ccco1. The fraction of sp³-hybridized carbons (Fsp3) is 0.429. The molecule has 2 aromatic heterocycles. The number of nitrogens with one attached hydrogen (secondary N) is 1. The summed E-state index contributed by atoms with van der Waals surface area (Å²) in [5.74, 6) is 1.83. The molecule has 0 spiro atoms. The van der Waals surface area contributed by atoms with Crippen molar-refractivity contribution in [1.29, 1.82) is 0 Å². The van der Waals surface area contributed by atoms with E-state index in [0.717, 1.165) is 11.7 Å². The van der Waals surface area contributed by atoms with Gasteiger partial charge in [0.1, 0.15) is 5.76 Å². The Morgan fingerprint density at radius 2 is 2.24 bits per heavy atom. The molecule has 0 saturated heterocycles. The van der Waals surface area contributed by atoms with Crippen molar-refractivity contribution in [3.05, 3.63) is 46.5 Å². The summed E-state index contributed by atoms with van der Waals surface area (Å²) in [6.45, 7) is 2.17. The van der Waals surface area contributed by atoms with E-state index in [1.165, 1.54) is 17.7 Å². The van der Waals surface area contributed by atoms with Crippen molar-refractivity contribution in [2.45, 2.75) is 31.8 Å². The van der Waals surface area contributed by atoms with Crippen LogP contribution < -0.4 is 5.32 Å². The first-order chi connectivity index (χ1) is 8.34. The molecule has 1 aliphatic carbocycles. The van der Waals surface area contributed by atoms with E-state index in [1.54, 1.807) is 6.26 Å². The van der Waals surface area contributed by atoms with Crippen LogP contribution in [0.4, 0.5) is 0 Å². The second-order valence-electron chi connectivity index (χ2n) is 4.73. The van der Waals surface area contributed by atoms with Gasteiger partial charge in [0, 0.05) is 10.9 Å². The normalized spacial score (nSPS) is 19.1. The highest BCUT2D eigenvalue weighted by Gasteiger charge is 2.33. The van der Waals surface area contributed by atoms with Gasteiger partial charge in [-0.2, -0.15) is 0 Å². The van der Waals surface area contributed by atoms with E-state index in [9.17, 15) is 0 Å². The third-order valence-corrected chi connectivity index (χ3v) is 4.30. The standard InChI is InChI=1S/C14H17NOS/c1-10(12-4-2-8-16-12)15-14(11-6-7-11)13-5-3-9-17-13/h2-5,8-11,14-15H,6-7H2,1H3/t10-,14?/m1/s1. The summed E-state index contributed by atoms with van der Waals surface area (Å²) in [6.07, 6.45) is 4.44. The minimum absolute atomic E-state index is 0.276. The zero-order valence-electron chi connectivity index (χ0n) is 9.93. The average molecular weight is 247 g/mol. The maximum atomic E-state index is 5.45. The molecule has 90 valence electrons. The zero-order valence-corrected chi connectivity index (χ0v) is 10.7. The van der Waals surface area contributed by atoms with Crippen LogP contribution in [0.2, 0.25) is 0 Å². The van der Waals surface area contributed by atoms with Crippen molar-refractivity contribution in [1.82, 2.24) is 5.32 Å². The first-order valence-corrected chi connectivity index (χ1v) is 7.05. The molecule has 1 aliphatic rings. The first-order valence-electron chi connectivity index (χ1n) is 6.17. The largest absolute Gasteiger partial charge is 0.468 e. The Kier molecular flexibility index (Phi) is 3.04. The van der Waals surface area contributed by atoms with Gasteiger partial charge in [-0.3, -0.25) is 5.32 Å². The lowest BCUT2D eigenvalue weighted by Crippen LogP contribution is -2.25. The Bertz CT molecular complexity index is 445. The van der Waals surface area contributed by atoms with Gasteiger partial charge in [-0.15, -0.1) is 11.3 Å². The molecule has 2 nitrogen and oxygen atoms in total. The van der Waals surface area contributed by atoms with Crippen molar-refractivity contribution in [3.8, 4) is 0 Å². The summed E-state index contributed by atoms with van der Waals surface area (Å²) >= 11 is 1.85. The monoisotopic (exact) mass is 247 g/mol. The summed E-state index contributed by atoms with van der Waals surface area (Å²) in [5, 5.41) is 5.86. The minimum atomic E-state index is 0.276. The van der Waals surface area contributed by atoms with Crippen LogP contribution >= 0.6 is 11.3 Å². The lowest BCUT2D eigenvalue weighted by atomic mass is 10.1. The predicted octanol–water partition coefficient (Wildman–Crippen LogP) is 4.14. The van der Waals surface area contributed by atoms with Crippen molar-refractivity contribution in [2.75, 3.05) is 0 Å². The van der Waals surface area contributed by atoms with E-state index in [1.807, 2.05) is 23.5 Å². The molecule has 17 heavy (non-hydrogen) atoms. The Hall–Kier alpha value is -1.06. The van der Waals surface area contributed by atoms with Crippen LogP contribution in [0.15, 0.2) is 40.3 Å². The predicted molar refractivity (Wildman–Crippen MR) is 70.0 cm³/mol. The second-order valence-corrected chi connectivity index (χ2v) is 5.71. The van der Waals surface area contributed by atoms with Crippen LogP contribution in [-0.2, 0) is 0 Å². The molecule has 3 heteroatoms. The highest BCUT2D eigenvalue weighted by Crippen LogP contribution is 2.43. The molecule has 1 unspecified atom stereocenters. The number of rotatable bonds is 5. The molecule has 0 bridgehead atoms. The van der Waals surface area contributed by atoms with Crippen molar-refractivity contribution in [3.63, 3.8) is 0 Å². The Labute approximate surface area is 106 Å². The Morgan fingerprint density at radius 3 is 2.82 bits per heavy atom. The maximum absolute atomic E-state index is 5.45. The van der Waals surface area contributed by atoms with Crippen molar-refractivity contribution in [2.24, 2.45) is 5.92 Å². The molecule has 0 amide bonds. The van der Waals surface area contributed by atoms with Gasteiger partial charge < -0.3 is 4.42 Å². The van der Waals surface area contributed by atoms with Gasteiger partial charge in [-0.1, -0.05) is 6.07 Å². The van der Waals surface area contributed by atoms with Crippen molar-refractivity contribution >= 4 is 11.3 Å². The van der Waals surface area contributed by atoms with Crippen LogP contribution in [0.3, 0.4) is 0 Å². The molecular weight excluding hydrogens is 230 g/mol. The fourth-order valence-electron chi connectivity index (χ4n) is 2.24. The van der Waals surface area contributed by atoms with E-state index < -0.39 is 0 Å². The molecule has 0 aliphatic heterocycles. The van der Waals surface area contributed by atoms with Crippen LogP contribution in [0.1, 0.15) is 42.5 Å². The lowest BCUT2D eigenvalue weighted by molar-refractivity contribution is 0.375. The molecule has 2 heterocycles. The van der Waals surface area contributed by atoms with Gasteiger partial charge in [0.15, 0.2) is 0 Å². The number of hydrogen-bond donors (Lipinski definition) is 1. The molecule has 2 atom stereocenters. The van der Waals surface area contributed by atoms with E-state index in [0.29, 0.717) is 6.04 Å². The second kappa shape index (κ2) is 4.67. The average Bonchev–Trinajstić information content (AvgIpc) is 2.87. The first kappa shape index (κ1) is 11.1. The number of hydrogen-bond acceptors (Lipinski definition) is 3. The molecule has 2 aromatic rings. The molecule has 1 saturated carbocycles. The van der Waals surface area contributed by atoms with Crippen molar-refractivity contribution < 1.29 is 4.42 Å². The highest BCUT2D eigenvalue weighted by atomic mass is 32.1.